The van der Waals surface area contributed by atoms with Gasteiger partial charge in [0.2, 0.25) is 5.95 Å². The normalized spacial score (nSPS) is 23.8. The summed E-state index contributed by atoms with van der Waals surface area (Å²) in [4.78, 5) is 14.3. The average molecular weight is 372 g/mol. The van der Waals surface area contributed by atoms with E-state index in [1.165, 1.54) is 25.7 Å². The lowest BCUT2D eigenvalue weighted by Crippen LogP contribution is -2.33. The lowest BCUT2D eigenvalue weighted by molar-refractivity contribution is 0.410. The van der Waals surface area contributed by atoms with Gasteiger partial charge in [-0.15, -0.1) is 0 Å². The van der Waals surface area contributed by atoms with Gasteiger partial charge in [0.05, 0.1) is 6.33 Å². The SMILES string of the molecule is CCCCNc1nc(NC2CCC(N)CC2)nc2c1ncn2C1CCCC1. The highest BCUT2D eigenvalue weighted by molar-refractivity contribution is 5.84. The molecule has 2 aromatic rings. The number of hydrogen-bond acceptors (Lipinski definition) is 6. The minimum Gasteiger partial charge on any atom is -0.368 e. The van der Waals surface area contributed by atoms with Crippen molar-refractivity contribution in [2.75, 3.05) is 17.2 Å². The molecule has 0 aliphatic heterocycles. The van der Waals surface area contributed by atoms with Gasteiger partial charge < -0.3 is 20.9 Å². The first kappa shape index (κ1) is 18.5. The molecule has 2 saturated carbocycles. The number of imidazole rings is 1. The molecule has 148 valence electrons. The molecule has 2 aliphatic carbocycles. The summed E-state index contributed by atoms with van der Waals surface area (Å²) in [5.74, 6) is 1.59. The second kappa shape index (κ2) is 8.42. The van der Waals surface area contributed by atoms with Crippen LogP contribution in [-0.2, 0) is 0 Å². The van der Waals surface area contributed by atoms with Crippen LogP contribution < -0.4 is 16.4 Å². The summed E-state index contributed by atoms with van der Waals surface area (Å²) in [7, 11) is 0. The molecule has 2 fully saturated rings. The summed E-state index contributed by atoms with van der Waals surface area (Å²) in [6.45, 7) is 3.11. The van der Waals surface area contributed by atoms with E-state index in [0.29, 0.717) is 18.1 Å². The molecule has 0 spiro atoms. The van der Waals surface area contributed by atoms with Gasteiger partial charge in [0.1, 0.15) is 0 Å². The van der Waals surface area contributed by atoms with E-state index >= 15 is 0 Å². The van der Waals surface area contributed by atoms with E-state index in [4.69, 9.17) is 15.7 Å². The van der Waals surface area contributed by atoms with Crippen LogP contribution in [0.5, 0.6) is 0 Å². The zero-order chi connectivity index (χ0) is 18.6. The first-order chi connectivity index (χ1) is 13.2. The molecule has 0 radical (unpaired) electrons. The van der Waals surface area contributed by atoms with E-state index in [9.17, 15) is 0 Å². The number of nitrogens with one attached hydrogen (secondary N) is 2. The maximum atomic E-state index is 6.05. The van der Waals surface area contributed by atoms with Crippen LogP contribution in [0.15, 0.2) is 6.33 Å². The van der Waals surface area contributed by atoms with Gasteiger partial charge >= 0.3 is 0 Å². The number of nitrogens with zero attached hydrogens (tertiary/aromatic N) is 4. The lowest BCUT2D eigenvalue weighted by atomic mass is 9.92. The highest BCUT2D eigenvalue weighted by Gasteiger charge is 2.23. The van der Waals surface area contributed by atoms with Crippen LogP contribution in [0.2, 0.25) is 0 Å². The van der Waals surface area contributed by atoms with Crippen LogP contribution in [0.4, 0.5) is 11.8 Å². The molecule has 2 aromatic heterocycles. The van der Waals surface area contributed by atoms with E-state index in [2.05, 4.69) is 27.1 Å². The largest absolute Gasteiger partial charge is 0.368 e. The van der Waals surface area contributed by atoms with Crippen LogP contribution in [0.3, 0.4) is 0 Å². The van der Waals surface area contributed by atoms with Crippen molar-refractivity contribution in [2.45, 2.75) is 89.3 Å². The van der Waals surface area contributed by atoms with Crippen LogP contribution in [0, 0.1) is 0 Å². The summed E-state index contributed by atoms with van der Waals surface area (Å²) in [5.41, 5.74) is 7.91. The molecule has 0 bridgehead atoms. The monoisotopic (exact) mass is 371 g/mol. The summed E-state index contributed by atoms with van der Waals surface area (Å²) >= 11 is 0. The Morgan fingerprint density at radius 1 is 1.11 bits per heavy atom. The molecule has 2 heterocycles. The van der Waals surface area contributed by atoms with Crippen molar-refractivity contribution in [1.82, 2.24) is 19.5 Å². The summed E-state index contributed by atoms with van der Waals surface area (Å²) < 4.78 is 2.27. The quantitative estimate of drug-likeness (QED) is 0.640. The highest BCUT2D eigenvalue weighted by Crippen LogP contribution is 2.33. The predicted molar refractivity (Wildman–Crippen MR) is 110 cm³/mol. The van der Waals surface area contributed by atoms with Gasteiger partial charge in [0.15, 0.2) is 17.0 Å². The molecular formula is C20H33N7. The number of anilines is 2. The van der Waals surface area contributed by atoms with Crippen LogP contribution in [0.1, 0.15) is 77.2 Å². The maximum Gasteiger partial charge on any atom is 0.227 e. The third kappa shape index (κ3) is 4.18. The van der Waals surface area contributed by atoms with Crippen LogP contribution in [0.25, 0.3) is 11.2 Å². The first-order valence-corrected chi connectivity index (χ1v) is 10.7. The van der Waals surface area contributed by atoms with Crippen LogP contribution >= 0.6 is 0 Å². The number of nitrogens with two attached hydrogens (primary N) is 1. The Hall–Kier alpha value is -1.89. The Kier molecular flexibility index (Phi) is 5.76. The van der Waals surface area contributed by atoms with Crippen LogP contribution in [-0.4, -0.2) is 38.1 Å². The molecule has 4 rings (SSSR count). The van der Waals surface area contributed by atoms with Crippen molar-refractivity contribution in [3.63, 3.8) is 0 Å². The standard InChI is InChI=1S/C20H33N7/c1-2-3-12-22-18-17-19(27(13-23-17)16-6-4-5-7-16)26-20(25-18)24-15-10-8-14(21)9-11-15/h13-16H,2-12,21H2,1H3,(H2,22,24,25,26). The summed E-state index contributed by atoms with van der Waals surface area (Å²) in [6, 6.07) is 1.28. The predicted octanol–water partition coefficient (Wildman–Crippen LogP) is 3.84. The van der Waals surface area contributed by atoms with E-state index in [0.717, 1.165) is 68.0 Å². The van der Waals surface area contributed by atoms with Crippen molar-refractivity contribution in [3.05, 3.63) is 6.33 Å². The minimum absolute atomic E-state index is 0.349. The molecule has 2 aliphatic rings. The average Bonchev–Trinajstić information content (AvgIpc) is 3.33. The summed E-state index contributed by atoms with van der Waals surface area (Å²) in [5, 5.41) is 7.06. The first-order valence-electron chi connectivity index (χ1n) is 10.7. The van der Waals surface area contributed by atoms with E-state index in [1.54, 1.807) is 0 Å². The molecular weight excluding hydrogens is 338 g/mol. The fourth-order valence-corrected chi connectivity index (χ4v) is 4.38. The number of hydrogen-bond donors (Lipinski definition) is 3. The minimum atomic E-state index is 0.349. The van der Waals surface area contributed by atoms with E-state index in [-0.39, 0.29) is 0 Å². The van der Waals surface area contributed by atoms with Crippen molar-refractivity contribution < 1.29 is 0 Å². The van der Waals surface area contributed by atoms with Crippen molar-refractivity contribution in [3.8, 4) is 0 Å². The second-order valence-corrected chi connectivity index (χ2v) is 8.19. The molecule has 27 heavy (non-hydrogen) atoms. The maximum absolute atomic E-state index is 6.05. The Bertz CT molecular complexity index is 742. The van der Waals surface area contributed by atoms with Gasteiger partial charge in [-0.05, 0) is 44.9 Å². The molecule has 0 saturated heterocycles. The molecule has 0 amide bonds. The number of unbranched alkanes of at least 4 members (excludes halogenated alkanes) is 1. The number of rotatable bonds is 7. The zero-order valence-electron chi connectivity index (χ0n) is 16.5. The van der Waals surface area contributed by atoms with E-state index < -0.39 is 0 Å². The van der Waals surface area contributed by atoms with Crippen molar-refractivity contribution in [1.29, 1.82) is 0 Å². The van der Waals surface area contributed by atoms with Gasteiger partial charge in [-0.2, -0.15) is 9.97 Å². The van der Waals surface area contributed by atoms with Gasteiger partial charge in [-0.25, -0.2) is 4.98 Å². The number of fused-ring (bicyclic) bond motifs is 1. The Labute approximate surface area is 161 Å². The molecule has 7 heteroatoms. The zero-order valence-corrected chi connectivity index (χ0v) is 16.5. The third-order valence-electron chi connectivity index (χ3n) is 6.07. The summed E-state index contributed by atoms with van der Waals surface area (Å²) in [6.07, 6.45) is 13.6. The van der Waals surface area contributed by atoms with E-state index in [1.807, 2.05) is 6.33 Å². The molecule has 4 N–H and O–H groups in total. The fourth-order valence-electron chi connectivity index (χ4n) is 4.38. The van der Waals surface area contributed by atoms with Gasteiger partial charge in [-0.1, -0.05) is 26.2 Å². The molecule has 0 aromatic carbocycles. The van der Waals surface area contributed by atoms with Gasteiger partial charge in [0, 0.05) is 24.7 Å². The van der Waals surface area contributed by atoms with Gasteiger partial charge in [0.25, 0.3) is 0 Å². The Morgan fingerprint density at radius 2 is 1.89 bits per heavy atom. The van der Waals surface area contributed by atoms with Crippen molar-refractivity contribution >= 4 is 22.9 Å². The fraction of sp³-hybridized carbons (Fsp3) is 0.750. The molecule has 0 atom stereocenters. The highest BCUT2D eigenvalue weighted by atomic mass is 15.2. The smallest absolute Gasteiger partial charge is 0.227 e. The Morgan fingerprint density at radius 3 is 2.63 bits per heavy atom. The second-order valence-electron chi connectivity index (χ2n) is 8.19. The molecule has 7 nitrogen and oxygen atoms in total. The topological polar surface area (TPSA) is 93.7 Å². The lowest BCUT2D eigenvalue weighted by Gasteiger charge is -2.27. The third-order valence-corrected chi connectivity index (χ3v) is 6.07. The van der Waals surface area contributed by atoms with Gasteiger partial charge in [-0.3, -0.25) is 0 Å². The molecule has 0 unspecified atom stereocenters. The Balaban J connectivity index is 1.62. The number of aromatic nitrogens is 4. The van der Waals surface area contributed by atoms with Crippen molar-refractivity contribution in [2.24, 2.45) is 5.73 Å².